The number of likely N-dealkylation sites (tertiary alicyclic amines) is 1. The number of carbonyl (C=O) groups excluding carboxylic acids is 2. The molecule has 50 heavy (non-hydrogen) atoms. The number of rotatable bonds is 10. The Labute approximate surface area is 293 Å². The molecule has 268 valence electrons. The molecule has 0 aliphatic carbocycles. The van der Waals surface area contributed by atoms with Gasteiger partial charge in [0.15, 0.2) is 0 Å². The summed E-state index contributed by atoms with van der Waals surface area (Å²) in [6, 6.07) is 7.80. The van der Waals surface area contributed by atoms with Crippen LogP contribution in [0.2, 0.25) is 0 Å². The number of ether oxygens (including phenoxy) is 2. The molecule has 4 saturated heterocycles. The number of aromatic amines is 1. The molecule has 2 amide bonds. The first kappa shape index (κ1) is 34.7. The van der Waals surface area contributed by atoms with Gasteiger partial charge in [-0.25, -0.2) is 13.8 Å². The van der Waals surface area contributed by atoms with Crippen LogP contribution in [-0.2, 0) is 20.1 Å². The number of aromatic nitrogens is 2. The Morgan fingerprint density at radius 2 is 1.72 bits per heavy atom. The van der Waals surface area contributed by atoms with Crippen LogP contribution in [0.15, 0.2) is 35.1 Å². The first-order valence-corrected chi connectivity index (χ1v) is 18.8. The summed E-state index contributed by atoms with van der Waals surface area (Å²) in [7, 11) is 0. The molecule has 1 aromatic heterocycles. The molecule has 4 aliphatic rings. The molecular formula is C36H44F2N6O5S. The van der Waals surface area contributed by atoms with E-state index in [1.165, 1.54) is 12.1 Å². The van der Waals surface area contributed by atoms with E-state index in [2.05, 4.69) is 30.4 Å². The van der Waals surface area contributed by atoms with E-state index in [4.69, 9.17) is 9.47 Å². The number of fused-ring (bicyclic) bond motifs is 1. The van der Waals surface area contributed by atoms with Gasteiger partial charge in [-0.2, -0.15) is 11.8 Å². The number of nitrogens with one attached hydrogen (secondary N) is 3. The second-order valence-corrected chi connectivity index (χ2v) is 15.0. The van der Waals surface area contributed by atoms with Gasteiger partial charge < -0.3 is 29.6 Å². The van der Waals surface area contributed by atoms with Crippen LogP contribution in [0.3, 0.4) is 0 Å². The number of amides is 2. The molecule has 0 radical (unpaired) electrons. The fraction of sp³-hybridized carbons (Fsp3) is 0.556. The van der Waals surface area contributed by atoms with Crippen molar-refractivity contribution in [3.05, 3.63) is 58.1 Å². The van der Waals surface area contributed by atoms with Crippen LogP contribution in [0, 0.1) is 17.6 Å². The zero-order valence-corrected chi connectivity index (χ0v) is 28.9. The van der Waals surface area contributed by atoms with Gasteiger partial charge in [-0.15, -0.1) is 0 Å². The highest BCUT2D eigenvalue weighted by atomic mass is 32.2. The smallest absolute Gasteiger partial charge is 0.261 e. The number of H-pyrrole nitrogens is 1. The van der Waals surface area contributed by atoms with Crippen molar-refractivity contribution in [1.29, 1.82) is 0 Å². The molecule has 1 unspecified atom stereocenters. The third kappa shape index (κ3) is 8.24. The first-order valence-electron chi connectivity index (χ1n) is 17.7. The highest BCUT2D eigenvalue weighted by Gasteiger charge is 2.30. The van der Waals surface area contributed by atoms with Crippen LogP contribution >= 0.6 is 11.8 Å². The number of hydrogen-bond donors (Lipinski definition) is 3. The van der Waals surface area contributed by atoms with E-state index in [0.717, 1.165) is 77.9 Å². The topological polar surface area (TPSA) is 129 Å². The van der Waals surface area contributed by atoms with Crippen LogP contribution in [0.1, 0.15) is 57.2 Å². The fourth-order valence-corrected chi connectivity index (χ4v) is 8.55. The molecule has 2 aromatic carbocycles. The molecule has 1 atom stereocenters. The molecular weight excluding hydrogens is 666 g/mol. The summed E-state index contributed by atoms with van der Waals surface area (Å²) >= 11 is 1.74. The Balaban J connectivity index is 0.868. The molecule has 0 spiro atoms. The molecule has 3 aromatic rings. The van der Waals surface area contributed by atoms with E-state index >= 15 is 8.78 Å². The van der Waals surface area contributed by atoms with Crippen molar-refractivity contribution in [3.8, 4) is 5.75 Å². The van der Waals surface area contributed by atoms with Gasteiger partial charge in [0.05, 0.1) is 23.6 Å². The third-order valence-corrected chi connectivity index (χ3v) is 11.8. The summed E-state index contributed by atoms with van der Waals surface area (Å²) in [5.74, 6) is 0.187. The van der Waals surface area contributed by atoms with Gasteiger partial charge in [0, 0.05) is 61.8 Å². The van der Waals surface area contributed by atoms with Gasteiger partial charge in [-0.1, -0.05) is 0 Å². The van der Waals surface area contributed by atoms with Crippen molar-refractivity contribution < 1.29 is 27.8 Å². The molecule has 14 heteroatoms. The quantitative estimate of drug-likeness (QED) is 0.257. The average Bonchev–Trinajstić information content (AvgIpc) is 3.12. The van der Waals surface area contributed by atoms with Crippen LogP contribution in [0.4, 0.5) is 20.2 Å². The highest BCUT2D eigenvalue weighted by molar-refractivity contribution is 7.99. The monoisotopic (exact) mass is 710 g/mol. The lowest BCUT2D eigenvalue weighted by atomic mass is 9.94. The predicted octanol–water partition coefficient (Wildman–Crippen LogP) is 4.59. The van der Waals surface area contributed by atoms with Gasteiger partial charge in [-0.3, -0.25) is 19.7 Å². The number of carbonyl (C=O) groups is 2. The minimum Gasteiger partial charge on any atom is -0.493 e. The zero-order chi connectivity index (χ0) is 34.6. The standard InChI is InChI=1S/C36H44F2N6O5S/c37-27-17-23(39-29-2-4-33(45)42-35(29)46)1-3-31(27)44-13-7-24(8-14-44)43-11-5-22(6-12-43)20-49-25-18-28(38)34-30(19-25)40-32(41-36(34)47)21-50-26-9-15-48-16-10-26/h1,3,17-19,22,24,26,29,39H,2,4-16,20-21H2,(H,40,41,47)(H,42,45,46). The van der Waals surface area contributed by atoms with E-state index in [9.17, 15) is 14.4 Å². The highest BCUT2D eigenvalue weighted by Crippen LogP contribution is 2.31. The van der Waals surface area contributed by atoms with Crippen LogP contribution in [-0.4, -0.2) is 90.0 Å². The molecule has 4 fully saturated rings. The van der Waals surface area contributed by atoms with Crippen LogP contribution in [0.25, 0.3) is 10.9 Å². The number of hydrogen-bond acceptors (Lipinski definition) is 10. The summed E-state index contributed by atoms with van der Waals surface area (Å²) in [6.45, 7) is 5.38. The van der Waals surface area contributed by atoms with E-state index < -0.39 is 17.4 Å². The maximum Gasteiger partial charge on any atom is 0.261 e. The Morgan fingerprint density at radius 3 is 2.46 bits per heavy atom. The largest absolute Gasteiger partial charge is 0.493 e. The fourth-order valence-electron chi connectivity index (χ4n) is 7.50. The van der Waals surface area contributed by atoms with Crippen molar-refractivity contribution >= 4 is 45.9 Å². The van der Waals surface area contributed by atoms with Crippen LogP contribution < -0.4 is 25.8 Å². The number of anilines is 2. The van der Waals surface area contributed by atoms with Crippen molar-refractivity contribution in [2.75, 3.05) is 56.2 Å². The van der Waals surface area contributed by atoms with E-state index in [-0.39, 0.29) is 29.4 Å². The Morgan fingerprint density at radius 1 is 0.940 bits per heavy atom. The molecule has 0 saturated carbocycles. The lowest BCUT2D eigenvalue weighted by molar-refractivity contribution is -0.133. The zero-order valence-electron chi connectivity index (χ0n) is 28.1. The summed E-state index contributed by atoms with van der Waals surface area (Å²) in [6.07, 6.45) is 6.41. The van der Waals surface area contributed by atoms with Gasteiger partial charge in [0.1, 0.15) is 34.6 Å². The predicted molar refractivity (Wildman–Crippen MR) is 189 cm³/mol. The summed E-state index contributed by atoms with van der Waals surface area (Å²) in [4.78, 5) is 48.1. The van der Waals surface area contributed by atoms with Gasteiger partial charge in [-0.05, 0) is 82.2 Å². The molecule has 4 aliphatic heterocycles. The summed E-state index contributed by atoms with van der Waals surface area (Å²) in [5.41, 5.74) is 0.919. The first-order chi connectivity index (χ1) is 24.3. The van der Waals surface area contributed by atoms with Crippen molar-refractivity contribution in [2.45, 2.75) is 74.5 Å². The lowest BCUT2D eigenvalue weighted by Crippen LogP contribution is -2.48. The SMILES string of the molecule is O=C1CCC(Nc2ccc(N3CCC(N4CCC(COc5cc(F)c6c(=O)[nH]c(CSC7CCOCC7)nc6c5)CC4)CC3)c(F)c2)C(=O)N1. The number of benzene rings is 2. The number of halogens is 2. The van der Waals surface area contributed by atoms with E-state index in [1.54, 1.807) is 30.0 Å². The second kappa shape index (κ2) is 15.6. The number of imide groups is 1. The minimum atomic E-state index is -0.629. The Bertz CT molecular complexity index is 1750. The van der Waals surface area contributed by atoms with Gasteiger partial charge >= 0.3 is 0 Å². The maximum atomic E-state index is 15.2. The normalized spacial score (nSPS) is 21.8. The van der Waals surface area contributed by atoms with Gasteiger partial charge in [0.25, 0.3) is 5.56 Å². The maximum absolute atomic E-state index is 15.2. The number of thioether (sulfide) groups is 1. The Kier molecular flexibility index (Phi) is 10.9. The van der Waals surface area contributed by atoms with Crippen LogP contribution in [0.5, 0.6) is 5.75 Å². The van der Waals surface area contributed by atoms with Crippen molar-refractivity contribution in [1.82, 2.24) is 20.2 Å². The summed E-state index contributed by atoms with van der Waals surface area (Å²) < 4.78 is 41.7. The number of piperidine rings is 3. The van der Waals surface area contributed by atoms with Crippen molar-refractivity contribution in [2.24, 2.45) is 5.92 Å². The van der Waals surface area contributed by atoms with E-state index in [0.29, 0.717) is 64.5 Å². The molecule has 7 rings (SSSR count). The Hall–Kier alpha value is -3.75. The summed E-state index contributed by atoms with van der Waals surface area (Å²) in [5, 5.41) is 5.78. The number of nitrogens with zero attached hydrogens (tertiary/aromatic N) is 3. The average molecular weight is 711 g/mol. The lowest BCUT2D eigenvalue weighted by Gasteiger charge is -2.42. The molecule has 5 heterocycles. The van der Waals surface area contributed by atoms with Crippen molar-refractivity contribution in [3.63, 3.8) is 0 Å². The molecule has 3 N–H and O–H groups in total. The third-order valence-electron chi connectivity index (χ3n) is 10.4. The molecule has 0 bridgehead atoms. The van der Waals surface area contributed by atoms with E-state index in [1.807, 2.05) is 0 Å². The second-order valence-electron chi connectivity index (χ2n) is 13.8. The minimum absolute atomic E-state index is 0.0435. The van der Waals surface area contributed by atoms with Gasteiger partial charge in [0.2, 0.25) is 11.8 Å². The molecule has 11 nitrogen and oxygen atoms in total.